The number of aromatic nitrogens is 2. The van der Waals surface area contributed by atoms with E-state index in [1.54, 1.807) is 42.5 Å². The van der Waals surface area contributed by atoms with Crippen molar-refractivity contribution in [3.63, 3.8) is 0 Å². The van der Waals surface area contributed by atoms with Crippen LogP contribution in [-0.4, -0.2) is 48.0 Å². The van der Waals surface area contributed by atoms with Crippen LogP contribution >= 0.6 is 12.4 Å². The van der Waals surface area contributed by atoms with Gasteiger partial charge >= 0.3 is 0 Å². The molecule has 0 saturated heterocycles. The van der Waals surface area contributed by atoms with Crippen LogP contribution in [-0.2, 0) is 4.79 Å². The fourth-order valence-corrected chi connectivity index (χ4v) is 3.48. The molecule has 3 aromatic carbocycles. The van der Waals surface area contributed by atoms with E-state index in [1.165, 1.54) is 24.5 Å². The van der Waals surface area contributed by atoms with Gasteiger partial charge in [0, 0.05) is 29.8 Å². The summed E-state index contributed by atoms with van der Waals surface area (Å²) in [5.74, 6) is 1.67. The van der Waals surface area contributed by atoms with Crippen LogP contribution in [0.15, 0.2) is 79.1 Å². The van der Waals surface area contributed by atoms with Gasteiger partial charge in [-0.2, -0.15) is 0 Å². The molecule has 8 nitrogen and oxygen atoms in total. The monoisotopic (exact) mass is 537 g/mol. The van der Waals surface area contributed by atoms with Gasteiger partial charge in [-0.05, 0) is 75.6 Å². The number of ether oxygens (including phenoxy) is 2. The third-order valence-corrected chi connectivity index (χ3v) is 5.20. The number of hydrogen-bond acceptors (Lipinski definition) is 7. The van der Waals surface area contributed by atoms with Gasteiger partial charge in [0.1, 0.15) is 35.2 Å². The van der Waals surface area contributed by atoms with Crippen LogP contribution in [0.4, 0.5) is 21.6 Å². The summed E-state index contributed by atoms with van der Waals surface area (Å²) in [6.07, 6.45) is 4.75. The van der Waals surface area contributed by atoms with Crippen molar-refractivity contribution in [2.24, 2.45) is 0 Å². The molecular weight excluding hydrogens is 509 g/mol. The fraction of sp³-hybridized carbons (Fsp3) is 0.179. The predicted octanol–water partition coefficient (Wildman–Crippen LogP) is 6.18. The highest BCUT2D eigenvalue weighted by molar-refractivity contribution is 6.03. The molecule has 0 spiro atoms. The molecule has 1 amide bonds. The van der Waals surface area contributed by atoms with Gasteiger partial charge in [0.2, 0.25) is 5.91 Å². The molecule has 0 radical (unpaired) electrons. The molecule has 0 aliphatic carbocycles. The highest BCUT2D eigenvalue weighted by Crippen LogP contribution is 2.34. The topological polar surface area (TPSA) is 88.6 Å². The zero-order chi connectivity index (χ0) is 26.2. The highest BCUT2D eigenvalue weighted by Gasteiger charge is 2.13. The number of benzene rings is 3. The van der Waals surface area contributed by atoms with Crippen molar-refractivity contribution in [2.75, 3.05) is 37.9 Å². The third-order valence-electron chi connectivity index (χ3n) is 5.20. The SMILES string of the molecule is CCOc1cc2ncnc(Nc3ccc(Oc4ccc(F)cc4)cc3)c2cc1NC(=O)/C=C/CN(C)C.Cl. The Labute approximate surface area is 226 Å². The number of carbonyl (C=O) groups is 1. The summed E-state index contributed by atoms with van der Waals surface area (Å²) >= 11 is 0. The molecule has 0 aliphatic rings. The van der Waals surface area contributed by atoms with E-state index in [0.717, 1.165) is 5.69 Å². The van der Waals surface area contributed by atoms with E-state index in [1.807, 2.05) is 38.1 Å². The van der Waals surface area contributed by atoms with Gasteiger partial charge in [-0.1, -0.05) is 6.08 Å². The van der Waals surface area contributed by atoms with E-state index in [4.69, 9.17) is 9.47 Å². The van der Waals surface area contributed by atoms with Crippen molar-refractivity contribution in [3.05, 3.63) is 85.0 Å². The summed E-state index contributed by atoms with van der Waals surface area (Å²) < 4.78 is 24.6. The Morgan fingerprint density at radius 2 is 1.71 bits per heavy atom. The maximum Gasteiger partial charge on any atom is 0.248 e. The van der Waals surface area contributed by atoms with Crippen molar-refractivity contribution in [1.29, 1.82) is 0 Å². The van der Waals surface area contributed by atoms with E-state index in [9.17, 15) is 9.18 Å². The normalized spacial score (nSPS) is 10.9. The average molecular weight is 538 g/mol. The van der Waals surface area contributed by atoms with Crippen LogP contribution in [0, 0.1) is 5.82 Å². The van der Waals surface area contributed by atoms with Crippen LogP contribution < -0.4 is 20.1 Å². The van der Waals surface area contributed by atoms with Gasteiger partial charge < -0.3 is 25.0 Å². The first-order chi connectivity index (χ1) is 17.9. The number of anilines is 3. The minimum absolute atomic E-state index is 0. The summed E-state index contributed by atoms with van der Waals surface area (Å²) in [4.78, 5) is 23.2. The summed E-state index contributed by atoms with van der Waals surface area (Å²) in [5.41, 5.74) is 1.96. The Balaban J connectivity index is 0.00000400. The molecule has 0 atom stereocenters. The largest absolute Gasteiger partial charge is 0.492 e. The van der Waals surface area contributed by atoms with Crippen molar-refractivity contribution >= 4 is 46.4 Å². The number of likely N-dealkylation sites (N-methyl/N-ethyl adjacent to an activating group) is 1. The molecule has 1 heterocycles. The molecule has 0 unspecified atom stereocenters. The van der Waals surface area contributed by atoms with Crippen LogP contribution in [0.25, 0.3) is 10.9 Å². The zero-order valence-corrected chi connectivity index (χ0v) is 22.1. The van der Waals surface area contributed by atoms with Crippen LogP contribution in [0.1, 0.15) is 6.92 Å². The minimum atomic E-state index is -0.319. The highest BCUT2D eigenvalue weighted by atomic mass is 35.5. The molecule has 10 heteroatoms. The predicted molar refractivity (Wildman–Crippen MR) is 150 cm³/mol. The van der Waals surface area contributed by atoms with E-state index < -0.39 is 0 Å². The van der Waals surface area contributed by atoms with Crippen molar-refractivity contribution in [1.82, 2.24) is 14.9 Å². The molecule has 4 aromatic rings. The standard InChI is InChI=1S/C28H28FN5O3.ClH/c1-4-36-26-17-24-23(16-25(26)33-27(35)6-5-15-34(2)3)28(31-18-30-24)32-20-9-13-22(14-10-20)37-21-11-7-19(29)8-12-21;/h5-14,16-18H,4,15H2,1-3H3,(H,33,35)(H,30,31,32);1H/b6-5+;. The Hall–Kier alpha value is -4.21. The Morgan fingerprint density at radius 1 is 1.03 bits per heavy atom. The second-order valence-electron chi connectivity index (χ2n) is 8.38. The summed E-state index contributed by atoms with van der Waals surface area (Å²) in [5, 5.41) is 6.90. The van der Waals surface area contributed by atoms with Crippen molar-refractivity contribution in [2.45, 2.75) is 6.92 Å². The van der Waals surface area contributed by atoms with E-state index in [-0.39, 0.29) is 24.1 Å². The lowest BCUT2D eigenvalue weighted by Crippen LogP contribution is -2.13. The first-order valence-electron chi connectivity index (χ1n) is 11.8. The number of hydrogen-bond donors (Lipinski definition) is 2. The van der Waals surface area contributed by atoms with Gasteiger partial charge in [-0.25, -0.2) is 14.4 Å². The number of nitrogens with one attached hydrogen (secondary N) is 2. The molecule has 4 rings (SSSR count). The van der Waals surface area contributed by atoms with Gasteiger partial charge in [-0.3, -0.25) is 4.79 Å². The van der Waals surface area contributed by atoms with Crippen LogP contribution in [0.2, 0.25) is 0 Å². The van der Waals surface area contributed by atoms with Crippen LogP contribution in [0.5, 0.6) is 17.2 Å². The maximum atomic E-state index is 13.1. The minimum Gasteiger partial charge on any atom is -0.492 e. The summed E-state index contributed by atoms with van der Waals surface area (Å²) in [7, 11) is 3.86. The second-order valence-corrected chi connectivity index (χ2v) is 8.38. The summed E-state index contributed by atoms with van der Waals surface area (Å²) in [6, 6.07) is 16.7. The van der Waals surface area contributed by atoms with Crippen LogP contribution in [0.3, 0.4) is 0 Å². The van der Waals surface area contributed by atoms with Gasteiger partial charge in [0.15, 0.2) is 0 Å². The third kappa shape index (κ3) is 7.64. The Bertz CT molecular complexity index is 1400. The quantitative estimate of drug-likeness (QED) is 0.233. The smallest absolute Gasteiger partial charge is 0.248 e. The van der Waals surface area contributed by atoms with Gasteiger partial charge in [-0.15, -0.1) is 12.4 Å². The molecule has 0 aliphatic heterocycles. The lowest BCUT2D eigenvalue weighted by atomic mass is 10.1. The molecule has 2 N–H and O–H groups in total. The van der Waals surface area contributed by atoms with Crippen molar-refractivity contribution in [3.8, 4) is 17.2 Å². The first-order valence-corrected chi connectivity index (χ1v) is 11.8. The van der Waals surface area contributed by atoms with Crippen molar-refractivity contribution < 1.29 is 18.7 Å². The van der Waals surface area contributed by atoms with E-state index in [2.05, 4.69) is 20.6 Å². The Kier molecular flexibility index (Phi) is 9.98. The molecule has 0 fully saturated rings. The molecule has 38 heavy (non-hydrogen) atoms. The summed E-state index contributed by atoms with van der Waals surface area (Å²) in [6.45, 7) is 2.97. The number of halogens is 2. The van der Waals surface area contributed by atoms with E-state index >= 15 is 0 Å². The number of fused-ring (bicyclic) bond motifs is 1. The first kappa shape index (κ1) is 28.4. The number of rotatable bonds is 10. The molecular formula is C28H29ClFN5O3. The molecule has 0 saturated carbocycles. The molecule has 1 aromatic heterocycles. The Morgan fingerprint density at radius 3 is 2.37 bits per heavy atom. The van der Waals surface area contributed by atoms with Gasteiger partial charge in [0.05, 0.1) is 17.8 Å². The molecule has 0 bridgehead atoms. The lowest BCUT2D eigenvalue weighted by molar-refractivity contribution is -0.111. The fourth-order valence-electron chi connectivity index (χ4n) is 3.48. The molecule has 198 valence electrons. The maximum absolute atomic E-state index is 13.1. The number of nitrogens with zero attached hydrogens (tertiary/aromatic N) is 3. The van der Waals surface area contributed by atoms with E-state index in [0.29, 0.717) is 52.8 Å². The lowest BCUT2D eigenvalue weighted by Gasteiger charge is -2.14. The second kappa shape index (κ2) is 13.4. The zero-order valence-electron chi connectivity index (χ0n) is 21.3. The number of amides is 1. The average Bonchev–Trinajstić information content (AvgIpc) is 2.87. The van der Waals surface area contributed by atoms with Gasteiger partial charge in [0.25, 0.3) is 0 Å². The number of carbonyl (C=O) groups excluding carboxylic acids is 1.